The van der Waals surface area contributed by atoms with Crippen LogP contribution in [-0.4, -0.2) is 31.3 Å². The lowest BCUT2D eigenvalue weighted by atomic mass is 10.1. The fourth-order valence-corrected chi connectivity index (χ4v) is 4.42. The number of aryl methyl sites for hydroxylation is 1. The largest absolute Gasteiger partial charge is 0.349 e. The summed E-state index contributed by atoms with van der Waals surface area (Å²) in [4.78, 5) is 14.2. The third kappa shape index (κ3) is 2.95. The number of nitrogens with one attached hydrogen (secondary N) is 1. The number of halogens is 2. The molecule has 4 rings (SSSR count). The van der Waals surface area contributed by atoms with Gasteiger partial charge in [0.15, 0.2) is 0 Å². The van der Waals surface area contributed by atoms with Gasteiger partial charge in [-0.15, -0.1) is 0 Å². The maximum atomic E-state index is 6.74. The van der Waals surface area contributed by atoms with Crippen LogP contribution >= 0.6 is 23.2 Å². The summed E-state index contributed by atoms with van der Waals surface area (Å²) >= 11 is 12.9. The van der Waals surface area contributed by atoms with Gasteiger partial charge in [0.1, 0.15) is 28.1 Å². The number of H-pyrrole nitrogens is 1. The Balaban J connectivity index is 1.77. The van der Waals surface area contributed by atoms with Gasteiger partial charge in [0.05, 0.1) is 17.1 Å². The van der Waals surface area contributed by atoms with Gasteiger partial charge in [-0.2, -0.15) is 5.10 Å². The molecule has 1 unspecified atom stereocenters. The van der Waals surface area contributed by atoms with E-state index in [0.717, 1.165) is 59.2 Å². The van der Waals surface area contributed by atoms with Crippen LogP contribution in [0.15, 0.2) is 12.4 Å². The number of rotatable bonds is 4. The number of hydrogen-bond acceptors (Lipinski definition) is 4. The molecule has 0 spiro atoms. The van der Waals surface area contributed by atoms with Gasteiger partial charge in [-0.05, 0) is 31.7 Å². The molecule has 0 bridgehead atoms. The van der Waals surface area contributed by atoms with Crippen molar-refractivity contribution in [3.8, 4) is 0 Å². The first kappa shape index (κ1) is 17.6. The van der Waals surface area contributed by atoms with Crippen molar-refractivity contribution >= 4 is 40.1 Å². The summed E-state index contributed by atoms with van der Waals surface area (Å²) < 4.78 is 1.93. The molecule has 1 aliphatic heterocycles. The van der Waals surface area contributed by atoms with Gasteiger partial charge >= 0.3 is 0 Å². The molecule has 0 amide bonds. The van der Waals surface area contributed by atoms with Gasteiger partial charge in [0.25, 0.3) is 0 Å². The van der Waals surface area contributed by atoms with Gasteiger partial charge in [-0.1, -0.05) is 37.0 Å². The predicted molar refractivity (Wildman–Crippen MR) is 105 cm³/mol. The second kappa shape index (κ2) is 6.74. The number of aromatic nitrogens is 5. The summed E-state index contributed by atoms with van der Waals surface area (Å²) in [6.45, 7) is 8.11. The maximum absolute atomic E-state index is 6.74. The summed E-state index contributed by atoms with van der Waals surface area (Å²) in [5, 5.41) is 6.93. The van der Waals surface area contributed by atoms with Crippen LogP contribution in [0.5, 0.6) is 0 Å². The molecule has 6 nitrogen and oxygen atoms in total. The zero-order chi connectivity index (χ0) is 18.4. The van der Waals surface area contributed by atoms with Crippen molar-refractivity contribution in [3.63, 3.8) is 0 Å². The molecule has 1 N–H and O–H groups in total. The molecule has 4 heterocycles. The van der Waals surface area contributed by atoms with E-state index in [1.54, 1.807) is 6.33 Å². The van der Waals surface area contributed by atoms with Gasteiger partial charge < -0.3 is 9.88 Å². The Kier molecular flexibility index (Phi) is 4.57. The van der Waals surface area contributed by atoms with Crippen LogP contribution in [0.1, 0.15) is 44.0 Å². The van der Waals surface area contributed by atoms with E-state index in [-0.39, 0.29) is 6.04 Å². The van der Waals surface area contributed by atoms with E-state index in [2.05, 4.69) is 38.8 Å². The number of fused-ring (bicyclic) bond motifs is 1. The van der Waals surface area contributed by atoms with Crippen molar-refractivity contribution in [3.05, 3.63) is 34.0 Å². The lowest BCUT2D eigenvalue weighted by molar-refractivity contribution is 0.481. The smallest absolute Gasteiger partial charge is 0.144 e. The van der Waals surface area contributed by atoms with E-state index < -0.39 is 0 Å². The molecular formula is C18H22Cl2N6. The molecule has 1 fully saturated rings. The molecule has 0 saturated carbocycles. The van der Waals surface area contributed by atoms with Crippen molar-refractivity contribution in [2.24, 2.45) is 5.92 Å². The number of aromatic amines is 1. The molecule has 0 aliphatic carbocycles. The monoisotopic (exact) mass is 392 g/mol. The highest BCUT2D eigenvalue weighted by Gasteiger charge is 2.33. The fourth-order valence-electron chi connectivity index (χ4n) is 3.86. The standard InChI is InChI=1S/C18H22Cl2N6/c1-10(2)8-26-16(20)15(11(3)24-26)13-5-4-6-25(13)18-12-7-14(19)23-17(12)21-9-22-18/h7,9-10,13H,4-6,8H2,1-3H3,(H,21,22,23). The number of hydrogen-bond donors (Lipinski definition) is 1. The Morgan fingerprint density at radius 2 is 2.12 bits per heavy atom. The van der Waals surface area contributed by atoms with E-state index in [1.807, 2.05) is 17.7 Å². The zero-order valence-corrected chi connectivity index (χ0v) is 16.6. The van der Waals surface area contributed by atoms with Gasteiger partial charge in [0, 0.05) is 18.7 Å². The minimum absolute atomic E-state index is 0.162. The van der Waals surface area contributed by atoms with E-state index in [4.69, 9.17) is 23.2 Å². The highest BCUT2D eigenvalue weighted by Crippen LogP contribution is 2.41. The molecule has 8 heteroatoms. The summed E-state index contributed by atoms with van der Waals surface area (Å²) in [6, 6.07) is 2.05. The first-order valence-corrected chi connectivity index (χ1v) is 9.70. The van der Waals surface area contributed by atoms with Crippen molar-refractivity contribution in [2.45, 2.75) is 46.2 Å². The third-order valence-electron chi connectivity index (χ3n) is 4.88. The highest BCUT2D eigenvalue weighted by molar-refractivity contribution is 6.31. The minimum atomic E-state index is 0.162. The first-order chi connectivity index (χ1) is 12.5. The Bertz CT molecular complexity index is 945. The van der Waals surface area contributed by atoms with Gasteiger partial charge in [-0.3, -0.25) is 4.68 Å². The van der Waals surface area contributed by atoms with Crippen LogP contribution < -0.4 is 4.90 Å². The molecule has 3 aromatic rings. The Labute approximate surface area is 162 Å². The molecule has 1 atom stereocenters. The number of anilines is 1. The molecule has 1 saturated heterocycles. The second-order valence-electron chi connectivity index (χ2n) is 7.29. The van der Waals surface area contributed by atoms with E-state index in [1.165, 1.54) is 0 Å². The van der Waals surface area contributed by atoms with E-state index in [0.29, 0.717) is 11.1 Å². The molecule has 0 radical (unpaired) electrons. The predicted octanol–water partition coefficient (Wildman–Crippen LogP) is 4.77. The fraction of sp³-hybridized carbons (Fsp3) is 0.500. The van der Waals surface area contributed by atoms with E-state index in [9.17, 15) is 0 Å². The van der Waals surface area contributed by atoms with Crippen molar-refractivity contribution < 1.29 is 0 Å². The van der Waals surface area contributed by atoms with Gasteiger partial charge in [0.2, 0.25) is 0 Å². The number of nitrogens with zero attached hydrogens (tertiary/aromatic N) is 5. The summed E-state index contributed by atoms with van der Waals surface area (Å²) in [5.41, 5.74) is 2.85. The summed E-state index contributed by atoms with van der Waals surface area (Å²) in [7, 11) is 0. The van der Waals surface area contributed by atoms with Crippen LogP contribution in [0, 0.1) is 12.8 Å². The summed E-state index contributed by atoms with van der Waals surface area (Å²) in [6.07, 6.45) is 3.69. The molecule has 3 aromatic heterocycles. The highest BCUT2D eigenvalue weighted by atomic mass is 35.5. The average Bonchev–Trinajstić information content (AvgIpc) is 3.24. The van der Waals surface area contributed by atoms with Crippen LogP contribution in [0.25, 0.3) is 11.0 Å². The normalized spacial score (nSPS) is 17.8. The molecule has 138 valence electrons. The average molecular weight is 393 g/mol. The maximum Gasteiger partial charge on any atom is 0.144 e. The van der Waals surface area contributed by atoms with Crippen molar-refractivity contribution in [1.29, 1.82) is 0 Å². The van der Waals surface area contributed by atoms with Crippen molar-refractivity contribution in [1.82, 2.24) is 24.7 Å². The van der Waals surface area contributed by atoms with E-state index >= 15 is 0 Å². The zero-order valence-electron chi connectivity index (χ0n) is 15.1. The lowest BCUT2D eigenvalue weighted by Crippen LogP contribution is -2.24. The van der Waals surface area contributed by atoms with Crippen LogP contribution in [0.2, 0.25) is 10.3 Å². The molecule has 1 aliphatic rings. The van der Waals surface area contributed by atoms with Crippen LogP contribution in [-0.2, 0) is 6.54 Å². The Hall–Kier alpha value is -1.79. The second-order valence-corrected chi connectivity index (χ2v) is 8.06. The van der Waals surface area contributed by atoms with Gasteiger partial charge in [-0.25, -0.2) is 9.97 Å². The molecule has 0 aromatic carbocycles. The SMILES string of the molecule is Cc1nn(CC(C)C)c(Cl)c1C1CCCN1c1ncnc2[nH]c(Cl)cc12. The van der Waals surface area contributed by atoms with Crippen molar-refractivity contribution in [2.75, 3.05) is 11.4 Å². The Morgan fingerprint density at radius 1 is 1.31 bits per heavy atom. The van der Waals surface area contributed by atoms with Crippen LogP contribution in [0.4, 0.5) is 5.82 Å². The minimum Gasteiger partial charge on any atom is -0.349 e. The topological polar surface area (TPSA) is 62.6 Å². The third-order valence-corrected chi connectivity index (χ3v) is 5.48. The lowest BCUT2D eigenvalue weighted by Gasteiger charge is -2.26. The quantitative estimate of drug-likeness (QED) is 0.694. The Morgan fingerprint density at radius 3 is 2.88 bits per heavy atom. The first-order valence-electron chi connectivity index (χ1n) is 8.94. The summed E-state index contributed by atoms with van der Waals surface area (Å²) in [5.74, 6) is 1.38. The molecular weight excluding hydrogens is 371 g/mol. The van der Waals surface area contributed by atoms with Crippen LogP contribution in [0.3, 0.4) is 0 Å². The molecule has 26 heavy (non-hydrogen) atoms.